The van der Waals surface area contributed by atoms with Gasteiger partial charge < -0.3 is 9.47 Å². The van der Waals surface area contributed by atoms with E-state index in [0.29, 0.717) is 12.7 Å². The molecule has 88 valence electrons. The molecule has 1 rings (SSSR count). The number of hydrogen-bond acceptors (Lipinski definition) is 3. The summed E-state index contributed by atoms with van der Waals surface area (Å²) in [5.74, 6) is -0.226. The largest absolute Gasteiger partial charge is 0.463 e. The first kappa shape index (κ1) is 12.5. The Kier molecular flexibility index (Phi) is 4.58. The van der Waals surface area contributed by atoms with Crippen molar-refractivity contribution < 1.29 is 14.3 Å². The van der Waals surface area contributed by atoms with Crippen LogP contribution in [0, 0.1) is 0 Å². The SMILES string of the molecule is CCCCCCC1OC1(C)COC(C)=O. The van der Waals surface area contributed by atoms with Crippen molar-refractivity contribution in [1.29, 1.82) is 0 Å². The number of unbranched alkanes of at least 4 members (excludes halogenated alkanes) is 3. The Morgan fingerprint density at radius 1 is 1.40 bits per heavy atom. The van der Waals surface area contributed by atoms with Gasteiger partial charge in [0, 0.05) is 6.92 Å². The lowest BCUT2D eigenvalue weighted by molar-refractivity contribution is -0.142. The lowest BCUT2D eigenvalue weighted by Crippen LogP contribution is -2.20. The van der Waals surface area contributed by atoms with Gasteiger partial charge in [-0.2, -0.15) is 0 Å². The number of rotatable bonds is 7. The maximum absolute atomic E-state index is 10.6. The van der Waals surface area contributed by atoms with Crippen LogP contribution in [0.3, 0.4) is 0 Å². The molecule has 0 amide bonds. The standard InChI is InChI=1S/C12H22O3/c1-4-5-6-7-8-11-12(3,15-11)9-14-10(2)13/h11H,4-9H2,1-3H3. The molecule has 3 nitrogen and oxygen atoms in total. The molecule has 0 aromatic rings. The molecular formula is C12H22O3. The Morgan fingerprint density at radius 2 is 2.13 bits per heavy atom. The number of esters is 1. The molecule has 0 bridgehead atoms. The van der Waals surface area contributed by atoms with Crippen LogP contribution in [-0.2, 0) is 14.3 Å². The fraction of sp³-hybridized carbons (Fsp3) is 0.917. The highest BCUT2D eigenvalue weighted by molar-refractivity contribution is 5.66. The van der Waals surface area contributed by atoms with E-state index in [-0.39, 0.29) is 11.6 Å². The topological polar surface area (TPSA) is 38.8 Å². The molecule has 15 heavy (non-hydrogen) atoms. The van der Waals surface area contributed by atoms with E-state index in [1.54, 1.807) is 0 Å². The second-order valence-electron chi connectivity index (χ2n) is 4.55. The Labute approximate surface area is 92.1 Å². The molecule has 2 atom stereocenters. The van der Waals surface area contributed by atoms with Crippen LogP contribution in [0.25, 0.3) is 0 Å². The lowest BCUT2D eigenvalue weighted by atomic mass is 10.0. The number of carbonyl (C=O) groups is 1. The first-order chi connectivity index (χ1) is 7.08. The van der Waals surface area contributed by atoms with Crippen molar-refractivity contribution in [2.75, 3.05) is 6.61 Å². The Balaban J connectivity index is 2.06. The van der Waals surface area contributed by atoms with E-state index in [1.165, 1.54) is 32.6 Å². The minimum atomic E-state index is -0.226. The van der Waals surface area contributed by atoms with Crippen LogP contribution in [0.1, 0.15) is 52.9 Å². The monoisotopic (exact) mass is 214 g/mol. The van der Waals surface area contributed by atoms with Gasteiger partial charge in [0.05, 0.1) is 6.10 Å². The van der Waals surface area contributed by atoms with Gasteiger partial charge in [-0.25, -0.2) is 0 Å². The summed E-state index contributed by atoms with van der Waals surface area (Å²) >= 11 is 0. The summed E-state index contributed by atoms with van der Waals surface area (Å²) in [4.78, 5) is 10.6. The normalized spacial score (nSPS) is 28.9. The molecule has 1 aliphatic rings. The second-order valence-corrected chi connectivity index (χ2v) is 4.55. The Bertz CT molecular complexity index is 215. The van der Waals surface area contributed by atoms with Gasteiger partial charge in [-0.05, 0) is 13.3 Å². The Morgan fingerprint density at radius 3 is 2.73 bits per heavy atom. The fourth-order valence-electron chi connectivity index (χ4n) is 1.78. The first-order valence-corrected chi connectivity index (χ1v) is 5.89. The van der Waals surface area contributed by atoms with Gasteiger partial charge in [-0.3, -0.25) is 4.79 Å². The third kappa shape index (κ3) is 4.20. The highest BCUT2D eigenvalue weighted by atomic mass is 16.6. The summed E-state index contributed by atoms with van der Waals surface area (Å²) in [7, 11) is 0. The van der Waals surface area contributed by atoms with Crippen LogP contribution in [0.4, 0.5) is 0 Å². The van der Waals surface area contributed by atoms with E-state index in [2.05, 4.69) is 6.92 Å². The average molecular weight is 214 g/mol. The minimum absolute atomic E-state index is 0.197. The second kappa shape index (κ2) is 5.50. The molecule has 1 aliphatic heterocycles. The third-order valence-corrected chi connectivity index (χ3v) is 2.92. The van der Waals surface area contributed by atoms with Crippen LogP contribution >= 0.6 is 0 Å². The number of hydrogen-bond donors (Lipinski definition) is 0. The van der Waals surface area contributed by atoms with Gasteiger partial charge in [0.15, 0.2) is 0 Å². The molecule has 0 aromatic carbocycles. The third-order valence-electron chi connectivity index (χ3n) is 2.92. The zero-order chi connectivity index (χ0) is 11.3. The van der Waals surface area contributed by atoms with Gasteiger partial charge in [0.1, 0.15) is 12.2 Å². The van der Waals surface area contributed by atoms with Gasteiger partial charge in [0.25, 0.3) is 0 Å². The van der Waals surface area contributed by atoms with E-state index in [1.807, 2.05) is 6.92 Å². The predicted octanol–water partition coefficient (Wildman–Crippen LogP) is 2.68. The van der Waals surface area contributed by atoms with E-state index >= 15 is 0 Å². The van der Waals surface area contributed by atoms with Crippen LogP contribution in [0.5, 0.6) is 0 Å². The molecule has 2 unspecified atom stereocenters. The van der Waals surface area contributed by atoms with Gasteiger partial charge in [-0.1, -0.05) is 32.6 Å². The van der Waals surface area contributed by atoms with Crippen molar-refractivity contribution in [3.8, 4) is 0 Å². The molecule has 0 N–H and O–H groups in total. The Hall–Kier alpha value is -0.570. The maximum atomic E-state index is 10.6. The lowest BCUT2D eigenvalue weighted by Gasteiger charge is -2.06. The van der Waals surface area contributed by atoms with E-state index in [9.17, 15) is 4.79 Å². The van der Waals surface area contributed by atoms with E-state index < -0.39 is 0 Å². The van der Waals surface area contributed by atoms with Crippen LogP contribution in [0.2, 0.25) is 0 Å². The van der Waals surface area contributed by atoms with Crippen molar-refractivity contribution in [3.63, 3.8) is 0 Å². The molecule has 0 aliphatic carbocycles. The highest BCUT2D eigenvalue weighted by Crippen LogP contribution is 2.39. The number of ether oxygens (including phenoxy) is 2. The first-order valence-electron chi connectivity index (χ1n) is 5.89. The van der Waals surface area contributed by atoms with E-state index in [4.69, 9.17) is 9.47 Å². The molecule has 1 heterocycles. The summed E-state index contributed by atoms with van der Waals surface area (Å²) in [5, 5.41) is 0. The molecule has 0 spiro atoms. The summed E-state index contributed by atoms with van der Waals surface area (Å²) in [6.45, 7) is 6.06. The molecule has 0 radical (unpaired) electrons. The van der Waals surface area contributed by atoms with E-state index in [0.717, 1.165) is 6.42 Å². The van der Waals surface area contributed by atoms with Crippen molar-refractivity contribution in [2.45, 2.75) is 64.6 Å². The van der Waals surface area contributed by atoms with Gasteiger partial charge in [-0.15, -0.1) is 0 Å². The summed E-state index contributed by atoms with van der Waals surface area (Å²) in [5.41, 5.74) is -0.197. The predicted molar refractivity (Wildman–Crippen MR) is 58.7 cm³/mol. The molecule has 1 saturated heterocycles. The van der Waals surface area contributed by atoms with Crippen LogP contribution in [0.15, 0.2) is 0 Å². The average Bonchev–Trinajstić information content (AvgIpc) is 2.83. The van der Waals surface area contributed by atoms with Crippen LogP contribution in [-0.4, -0.2) is 24.3 Å². The summed E-state index contributed by atoms with van der Waals surface area (Å²) < 4.78 is 10.5. The smallest absolute Gasteiger partial charge is 0.302 e. The van der Waals surface area contributed by atoms with Crippen molar-refractivity contribution >= 4 is 5.97 Å². The highest BCUT2D eigenvalue weighted by Gasteiger charge is 2.52. The van der Waals surface area contributed by atoms with Crippen molar-refractivity contribution in [1.82, 2.24) is 0 Å². The fourth-order valence-corrected chi connectivity index (χ4v) is 1.78. The zero-order valence-corrected chi connectivity index (χ0v) is 10.0. The molecule has 1 fully saturated rings. The van der Waals surface area contributed by atoms with Crippen molar-refractivity contribution in [2.24, 2.45) is 0 Å². The van der Waals surface area contributed by atoms with Gasteiger partial charge >= 0.3 is 5.97 Å². The molecule has 0 saturated carbocycles. The minimum Gasteiger partial charge on any atom is -0.463 e. The number of epoxide rings is 1. The van der Waals surface area contributed by atoms with Gasteiger partial charge in [0.2, 0.25) is 0 Å². The number of carbonyl (C=O) groups excluding carboxylic acids is 1. The summed E-state index contributed by atoms with van der Waals surface area (Å²) in [6, 6.07) is 0. The zero-order valence-electron chi connectivity index (χ0n) is 10.0. The quantitative estimate of drug-likeness (QED) is 0.371. The van der Waals surface area contributed by atoms with Crippen molar-refractivity contribution in [3.05, 3.63) is 0 Å². The summed E-state index contributed by atoms with van der Waals surface area (Å²) in [6.07, 6.45) is 6.45. The molecule has 3 heteroatoms. The molecule has 0 aromatic heterocycles. The molecular weight excluding hydrogens is 192 g/mol. The van der Waals surface area contributed by atoms with Crippen LogP contribution < -0.4 is 0 Å². The maximum Gasteiger partial charge on any atom is 0.302 e.